The Morgan fingerprint density at radius 2 is 1.25 bits per heavy atom. The molecule has 0 unspecified atom stereocenters. The molecular weight excluding hydrogens is 268 g/mol. The maximum Gasteiger partial charge on any atom is 0.333 e. The van der Waals surface area contributed by atoms with Crippen molar-refractivity contribution >= 4 is 24.1 Å². The Balaban J connectivity index is 3.30. The number of hydrogen-bond donors (Lipinski definition) is 2. The van der Waals surface area contributed by atoms with E-state index in [1.54, 1.807) is 13.8 Å². The van der Waals surface area contributed by atoms with Gasteiger partial charge in [-0.15, -0.1) is 0 Å². The second kappa shape index (κ2) is 7.07. The quantitative estimate of drug-likeness (QED) is 0.602. The lowest BCUT2D eigenvalue weighted by Gasteiger charge is -1.95. The molecule has 0 bridgehead atoms. The van der Waals surface area contributed by atoms with Gasteiger partial charge in [0, 0.05) is 0 Å². The molecule has 108 valence electrons. The van der Waals surface area contributed by atoms with Crippen molar-refractivity contribution in [2.45, 2.75) is 13.8 Å². The van der Waals surface area contributed by atoms with Crippen LogP contribution in [0, 0.1) is 0 Å². The van der Waals surface area contributed by atoms with Crippen LogP contribution in [0.5, 0.6) is 0 Å². The average Bonchev–Trinajstić information content (AvgIpc) is 2.36. The lowest BCUT2D eigenvalue weighted by molar-refractivity contribution is -0.136. The van der Waals surface area contributed by atoms with Crippen LogP contribution in [0.3, 0.4) is 0 Å². The number of ether oxygens (including phenoxy) is 2. The van der Waals surface area contributed by atoms with Crippen LogP contribution in [-0.4, -0.2) is 35.1 Å². The van der Waals surface area contributed by atoms with Crippen LogP contribution in [0.4, 0.5) is 0 Å². The molecule has 0 amide bonds. The Labute approximate surface area is 112 Å². The van der Waals surface area contributed by atoms with Gasteiger partial charge >= 0.3 is 11.9 Å². The SMILES string of the molecule is CCOC(=O)/C=c1\[nH]c(=O)/c(=C/C(=O)OCC)[nH]c1=O. The molecule has 8 nitrogen and oxygen atoms in total. The predicted molar refractivity (Wildman–Crippen MR) is 69.1 cm³/mol. The van der Waals surface area contributed by atoms with Crippen molar-refractivity contribution in [3.63, 3.8) is 0 Å². The normalized spacial score (nSPS) is 12.3. The van der Waals surface area contributed by atoms with Crippen molar-refractivity contribution in [1.82, 2.24) is 9.97 Å². The van der Waals surface area contributed by atoms with Crippen molar-refractivity contribution in [1.29, 1.82) is 0 Å². The number of aromatic nitrogens is 2. The Morgan fingerprint density at radius 1 is 0.900 bits per heavy atom. The summed E-state index contributed by atoms with van der Waals surface area (Å²) in [5, 5.41) is -0.510. The molecule has 0 fully saturated rings. The largest absolute Gasteiger partial charge is 0.463 e. The van der Waals surface area contributed by atoms with E-state index in [9.17, 15) is 19.2 Å². The first kappa shape index (κ1) is 15.4. The first-order valence-electron chi connectivity index (χ1n) is 5.87. The molecule has 0 aromatic carbocycles. The van der Waals surface area contributed by atoms with Crippen LogP contribution >= 0.6 is 0 Å². The molecule has 8 heteroatoms. The summed E-state index contributed by atoms with van der Waals surface area (Å²) in [7, 11) is 0. The minimum absolute atomic E-state index is 0.145. The molecule has 1 aromatic heterocycles. The van der Waals surface area contributed by atoms with Gasteiger partial charge in [0.15, 0.2) is 0 Å². The smallest absolute Gasteiger partial charge is 0.333 e. The van der Waals surface area contributed by atoms with Gasteiger partial charge in [-0.05, 0) is 13.8 Å². The first-order valence-corrected chi connectivity index (χ1v) is 5.87. The maximum atomic E-state index is 11.6. The van der Waals surface area contributed by atoms with Gasteiger partial charge in [-0.25, -0.2) is 9.59 Å². The number of nitrogens with one attached hydrogen (secondary N) is 2. The van der Waals surface area contributed by atoms with E-state index in [0.29, 0.717) is 0 Å². The fraction of sp³-hybridized carbons (Fsp3) is 0.333. The summed E-state index contributed by atoms with van der Waals surface area (Å²) in [6.07, 6.45) is 1.72. The second-order valence-corrected chi connectivity index (χ2v) is 3.53. The molecule has 0 saturated carbocycles. The van der Waals surface area contributed by atoms with E-state index >= 15 is 0 Å². The number of aromatic amines is 2. The number of esters is 2. The van der Waals surface area contributed by atoms with Crippen LogP contribution in [0.1, 0.15) is 13.8 Å². The van der Waals surface area contributed by atoms with E-state index < -0.39 is 23.1 Å². The molecule has 1 heterocycles. The van der Waals surface area contributed by atoms with Crippen LogP contribution in [0.2, 0.25) is 0 Å². The van der Waals surface area contributed by atoms with Gasteiger partial charge in [0.05, 0.1) is 25.4 Å². The van der Waals surface area contributed by atoms with Crippen molar-refractivity contribution < 1.29 is 19.1 Å². The third-order valence-electron chi connectivity index (χ3n) is 2.08. The van der Waals surface area contributed by atoms with Crippen LogP contribution in [0.25, 0.3) is 12.2 Å². The highest BCUT2D eigenvalue weighted by Gasteiger charge is 2.02. The molecule has 0 saturated heterocycles. The summed E-state index contributed by atoms with van der Waals surface area (Å²) in [5.74, 6) is -1.51. The molecule has 0 atom stereocenters. The minimum Gasteiger partial charge on any atom is -0.463 e. The van der Waals surface area contributed by atoms with E-state index in [1.165, 1.54) is 0 Å². The number of hydrogen-bond acceptors (Lipinski definition) is 6. The van der Waals surface area contributed by atoms with Gasteiger partial charge in [0.25, 0.3) is 11.1 Å². The predicted octanol–water partition coefficient (Wildman–Crippen LogP) is -2.25. The summed E-state index contributed by atoms with van der Waals surface area (Å²) in [6.45, 7) is 3.50. The second-order valence-electron chi connectivity index (χ2n) is 3.53. The van der Waals surface area contributed by atoms with Gasteiger partial charge in [0.2, 0.25) is 0 Å². The highest BCUT2D eigenvalue weighted by Crippen LogP contribution is 1.77. The fourth-order valence-electron chi connectivity index (χ4n) is 1.30. The summed E-state index contributed by atoms with van der Waals surface area (Å²) in [5.41, 5.74) is -1.46. The molecule has 0 aliphatic rings. The Morgan fingerprint density at radius 3 is 1.55 bits per heavy atom. The molecule has 0 spiro atoms. The Hall–Kier alpha value is -2.64. The van der Waals surface area contributed by atoms with Gasteiger partial charge in [0.1, 0.15) is 10.7 Å². The van der Waals surface area contributed by atoms with E-state index in [-0.39, 0.29) is 23.9 Å². The average molecular weight is 282 g/mol. The van der Waals surface area contributed by atoms with E-state index in [0.717, 1.165) is 12.2 Å². The molecule has 2 N–H and O–H groups in total. The number of carbonyl (C=O) groups excluding carboxylic acids is 2. The fourth-order valence-corrected chi connectivity index (χ4v) is 1.30. The van der Waals surface area contributed by atoms with Crippen molar-refractivity contribution in [3.8, 4) is 0 Å². The Bertz CT molecular complexity index is 664. The third-order valence-corrected chi connectivity index (χ3v) is 2.08. The highest BCUT2D eigenvalue weighted by molar-refractivity contribution is 6.00. The molecule has 0 aliphatic carbocycles. The van der Waals surface area contributed by atoms with Crippen LogP contribution in [-0.2, 0) is 19.1 Å². The number of carbonyl (C=O) groups is 2. The van der Waals surface area contributed by atoms with Gasteiger partial charge in [-0.1, -0.05) is 0 Å². The summed E-state index contributed by atoms with van der Waals surface area (Å²) in [6, 6.07) is 0. The van der Waals surface area contributed by atoms with E-state index in [4.69, 9.17) is 0 Å². The summed E-state index contributed by atoms with van der Waals surface area (Å²) < 4.78 is 9.23. The number of H-pyrrole nitrogens is 2. The number of rotatable bonds is 4. The minimum atomic E-state index is -0.754. The molecular formula is C12H14N2O6. The highest BCUT2D eigenvalue weighted by atomic mass is 16.5. The monoisotopic (exact) mass is 282 g/mol. The van der Waals surface area contributed by atoms with Crippen molar-refractivity contribution in [2.24, 2.45) is 0 Å². The van der Waals surface area contributed by atoms with Crippen molar-refractivity contribution in [3.05, 3.63) is 31.4 Å². The van der Waals surface area contributed by atoms with Crippen LogP contribution in [0.15, 0.2) is 9.59 Å². The van der Waals surface area contributed by atoms with Gasteiger partial charge in [-0.2, -0.15) is 0 Å². The molecule has 0 radical (unpaired) electrons. The first-order chi connectivity index (χ1) is 9.47. The molecule has 1 rings (SSSR count). The topological polar surface area (TPSA) is 118 Å². The zero-order valence-corrected chi connectivity index (χ0v) is 11.0. The van der Waals surface area contributed by atoms with Gasteiger partial charge in [-0.3, -0.25) is 9.59 Å². The standard InChI is InChI=1S/C12H14N2O6/c1-3-19-9(15)5-7-11(17)14-8(12(18)13-7)6-10(16)20-4-2/h5-6H,3-4H2,1-2H3,(H,13,18)(H,14,17)/b7-5-,8-6-. The van der Waals surface area contributed by atoms with Gasteiger partial charge < -0.3 is 19.4 Å². The molecule has 1 aromatic rings. The third kappa shape index (κ3) is 4.23. The summed E-state index contributed by atoms with van der Waals surface area (Å²) in [4.78, 5) is 50.0. The summed E-state index contributed by atoms with van der Waals surface area (Å²) >= 11 is 0. The zero-order valence-electron chi connectivity index (χ0n) is 11.0. The molecule has 20 heavy (non-hydrogen) atoms. The zero-order chi connectivity index (χ0) is 15.1. The maximum absolute atomic E-state index is 11.6. The van der Waals surface area contributed by atoms with Crippen molar-refractivity contribution in [2.75, 3.05) is 13.2 Å². The lowest BCUT2D eigenvalue weighted by Crippen LogP contribution is -2.47. The van der Waals surface area contributed by atoms with Crippen LogP contribution < -0.4 is 21.8 Å². The van der Waals surface area contributed by atoms with E-state index in [1.807, 2.05) is 0 Å². The lowest BCUT2D eigenvalue weighted by atomic mass is 10.4. The molecule has 0 aliphatic heterocycles. The van der Waals surface area contributed by atoms with E-state index in [2.05, 4.69) is 19.4 Å². The Kier molecular flexibility index (Phi) is 5.45.